The number of aromatic nitrogens is 2. The monoisotopic (exact) mass is 221 g/mol. The second kappa shape index (κ2) is 4.05. The minimum Gasteiger partial charge on any atom is -0.397 e. The molecule has 0 saturated carbocycles. The van der Waals surface area contributed by atoms with E-state index in [1.54, 1.807) is 12.1 Å². The lowest BCUT2D eigenvalue weighted by Gasteiger charge is -2.05. The number of primary amides is 1. The molecule has 1 aromatic carbocycles. The highest BCUT2D eigenvalue weighted by Gasteiger charge is 2.09. The van der Waals surface area contributed by atoms with E-state index in [0.29, 0.717) is 29.0 Å². The highest BCUT2D eigenvalue weighted by atomic mass is 16.6. The molecule has 0 aliphatic rings. The van der Waals surface area contributed by atoms with E-state index in [1.807, 2.05) is 0 Å². The first kappa shape index (κ1) is 10.2. The van der Waals surface area contributed by atoms with Gasteiger partial charge in [0, 0.05) is 13.0 Å². The number of nitrogens with one attached hydrogen (secondary N) is 1. The summed E-state index contributed by atoms with van der Waals surface area (Å²) in [4.78, 5) is 10.6. The zero-order valence-corrected chi connectivity index (χ0v) is 8.43. The number of hydrogen-bond donors (Lipinski definition) is 3. The van der Waals surface area contributed by atoms with Crippen LogP contribution in [0.4, 0.5) is 11.4 Å². The third-order valence-electron chi connectivity index (χ3n) is 2.13. The Labute approximate surface area is 90.7 Å². The maximum Gasteiger partial charge on any atom is 0.219 e. The molecule has 16 heavy (non-hydrogen) atoms. The van der Waals surface area contributed by atoms with Crippen LogP contribution in [0.5, 0.6) is 0 Å². The van der Waals surface area contributed by atoms with Crippen molar-refractivity contribution in [1.29, 1.82) is 0 Å². The standard InChI is InChI=1S/C9H11N5O2/c10-5-1-2-6(12-4-3-7(11)15)9-8(5)13-16-14-9/h1-2,12H,3-4,10H2,(H2,11,15). The first-order valence-corrected chi connectivity index (χ1v) is 4.71. The molecule has 0 fully saturated rings. The Morgan fingerprint density at radius 2 is 2.12 bits per heavy atom. The van der Waals surface area contributed by atoms with Crippen molar-refractivity contribution < 1.29 is 9.42 Å². The summed E-state index contributed by atoms with van der Waals surface area (Å²) in [5.41, 5.74) is 13.0. The molecule has 2 rings (SSSR count). The first-order valence-electron chi connectivity index (χ1n) is 4.71. The molecule has 84 valence electrons. The molecule has 1 amide bonds. The molecular formula is C9H11N5O2. The van der Waals surface area contributed by atoms with Gasteiger partial charge in [0.2, 0.25) is 5.91 Å². The highest BCUT2D eigenvalue weighted by molar-refractivity contribution is 5.95. The molecule has 0 bridgehead atoms. The quantitative estimate of drug-likeness (QED) is 0.629. The average molecular weight is 221 g/mol. The first-order chi connectivity index (χ1) is 7.68. The van der Waals surface area contributed by atoms with E-state index in [9.17, 15) is 4.79 Å². The van der Waals surface area contributed by atoms with Crippen LogP contribution < -0.4 is 16.8 Å². The molecule has 2 aromatic rings. The van der Waals surface area contributed by atoms with Crippen molar-refractivity contribution in [3.05, 3.63) is 12.1 Å². The van der Waals surface area contributed by atoms with E-state index in [-0.39, 0.29) is 12.3 Å². The van der Waals surface area contributed by atoms with Crippen molar-refractivity contribution >= 4 is 28.3 Å². The van der Waals surface area contributed by atoms with Crippen LogP contribution in [0.15, 0.2) is 16.8 Å². The Kier molecular flexibility index (Phi) is 2.59. The lowest BCUT2D eigenvalue weighted by atomic mass is 10.2. The van der Waals surface area contributed by atoms with Gasteiger partial charge in [-0.25, -0.2) is 4.63 Å². The van der Waals surface area contributed by atoms with E-state index in [1.165, 1.54) is 0 Å². The van der Waals surface area contributed by atoms with E-state index < -0.39 is 0 Å². The molecule has 1 heterocycles. The zero-order valence-electron chi connectivity index (χ0n) is 8.43. The summed E-state index contributed by atoms with van der Waals surface area (Å²) in [6, 6.07) is 3.45. The molecule has 5 N–H and O–H groups in total. The Balaban J connectivity index is 2.21. The van der Waals surface area contributed by atoms with Crippen LogP contribution in [0.3, 0.4) is 0 Å². The van der Waals surface area contributed by atoms with Crippen LogP contribution in [-0.2, 0) is 4.79 Å². The predicted octanol–water partition coefficient (Wildman–Crippen LogP) is 0.0923. The minimum absolute atomic E-state index is 0.247. The minimum atomic E-state index is -0.363. The third kappa shape index (κ3) is 1.88. The molecular weight excluding hydrogens is 210 g/mol. The summed E-state index contributed by atoms with van der Waals surface area (Å²) in [7, 11) is 0. The van der Waals surface area contributed by atoms with Gasteiger partial charge in [0.05, 0.1) is 11.4 Å². The molecule has 0 saturated heterocycles. The Bertz CT molecular complexity index is 522. The van der Waals surface area contributed by atoms with Gasteiger partial charge in [-0.1, -0.05) is 0 Å². The number of carbonyl (C=O) groups excluding carboxylic acids is 1. The Morgan fingerprint density at radius 1 is 1.38 bits per heavy atom. The Hall–Kier alpha value is -2.31. The molecule has 7 nitrogen and oxygen atoms in total. The number of fused-ring (bicyclic) bond motifs is 1. The molecule has 1 aromatic heterocycles. The molecule has 0 aliphatic heterocycles. The van der Waals surface area contributed by atoms with Gasteiger partial charge in [-0.05, 0) is 22.4 Å². The van der Waals surface area contributed by atoms with E-state index in [2.05, 4.69) is 20.3 Å². The number of amides is 1. The fourth-order valence-electron chi connectivity index (χ4n) is 1.35. The van der Waals surface area contributed by atoms with Crippen LogP contribution in [-0.4, -0.2) is 22.8 Å². The lowest BCUT2D eigenvalue weighted by molar-refractivity contribution is -0.117. The van der Waals surface area contributed by atoms with E-state index >= 15 is 0 Å². The van der Waals surface area contributed by atoms with Gasteiger partial charge in [-0.2, -0.15) is 0 Å². The normalized spacial score (nSPS) is 10.5. The zero-order chi connectivity index (χ0) is 11.5. The van der Waals surface area contributed by atoms with E-state index in [0.717, 1.165) is 0 Å². The summed E-state index contributed by atoms with van der Waals surface area (Å²) in [5, 5.41) is 10.4. The van der Waals surface area contributed by atoms with Crippen LogP contribution in [0.25, 0.3) is 11.0 Å². The number of benzene rings is 1. The molecule has 0 unspecified atom stereocenters. The van der Waals surface area contributed by atoms with Crippen molar-refractivity contribution in [2.24, 2.45) is 5.73 Å². The van der Waals surface area contributed by atoms with E-state index in [4.69, 9.17) is 11.5 Å². The summed E-state index contributed by atoms with van der Waals surface area (Å²) in [5.74, 6) is -0.363. The van der Waals surface area contributed by atoms with Crippen molar-refractivity contribution in [2.75, 3.05) is 17.6 Å². The van der Waals surface area contributed by atoms with Gasteiger partial charge >= 0.3 is 0 Å². The number of nitrogens with two attached hydrogens (primary N) is 2. The highest BCUT2D eigenvalue weighted by Crippen LogP contribution is 2.24. The van der Waals surface area contributed by atoms with Gasteiger partial charge in [0.1, 0.15) is 0 Å². The predicted molar refractivity (Wildman–Crippen MR) is 58.5 cm³/mol. The summed E-state index contributed by atoms with van der Waals surface area (Å²) in [6.45, 7) is 0.432. The van der Waals surface area contributed by atoms with Gasteiger partial charge in [0.25, 0.3) is 0 Å². The number of hydrogen-bond acceptors (Lipinski definition) is 6. The largest absolute Gasteiger partial charge is 0.397 e. The topological polar surface area (TPSA) is 120 Å². The van der Waals surface area contributed by atoms with Crippen molar-refractivity contribution in [3.8, 4) is 0 Å². The SMILES string of the molecule is NC(=O)CCNc1ccc(N)c2nonc12. The van der Waals surface area contributed by atoms with Crippen LogP contribution in [0.2, 0.25) is 0 Å². The van der Waals surface area contributed by atoms with Gasteiger partial charge in [-0.15, -0.1) is 0 Å². The molecule has 0 radical (unpaired) electrons. The van der Waals surface area contributed by atoms with Crippen molar-refractivity contribution in [1.82, 2.24) is 10.3 Å². The second-order valence-corrected chi connectivity index (χ2v) is 3.31. The smallest absolute Gasteiger partial charge is 0.219 e. The third-order valence-corrected chi connectivity index (χ3v) is 2.13. The van der Waals surface area contributed by atoms with Gasteiger partial charge < -0.3 is 16.8 Å². The summed E-state index contributed by atoms with van der Waals surface area (Å²) in [6.07, 6.45) is 0.247. The fraction of sp³-hybridized carbons (Fsp3) is 0.222. The van der Waals surface area contributed by atoms with Crippen LogP contribution in [0.1, 0.15) is 6.42 Å². The number of rotatable bonds is 4. The summed E-state index contributed by atoms with van der Waals surface area (Å²) >= 11 is 0. The number of anilines is 2. The average Bonchev–Trinajstić information content (AvgIpc) is 2.70. The maximum atomic E-state index is 10.6. The Morgan fingerprint density at radius 3 is 2.88 bits per heavy atom. The summed E-state index contributed by atoms with van der Waals surface area (Å²) < 4.78 is 4.60. The molecule has 0 atom stereocenters. The van der Waals surface area contributed by atoms with Gasteiger partial charge in [-0.3, -0.25) is 4.79 Å². The van der Waals surface area contributed by atoms with Crippen LogP contribution in [0, 0.1) is 0 Å². The van der Waals surface area contributed by atoms with Crippen molar-refractivity contribution in [3.63, 3.8) is 0 Å². The molecule has 7 heteroatoms. The lowest BCUT2D eigenvalue weighted by Crippen LogP contribution is -2.15. The number of carbonyl (C=O) groups is 1. The van der Waals surface area contributed by atoms with Crippen LogP contribution >= 0.6 is 0 Å². The van der Waals surface area contributed by atoms with Crippen molar-refractivity contribution in [2.45, 2.75) is 6.42 Å². The maximum absolute atomic E-state index is 10.6. The second-order valence-electron chi connectivity index (χ2n) is 3.31. The molecule has 0 aliphatic carbocycles. The number of nitrogen functional groups attached to an aromatic ring is 1. The van der Waals surface area contributed by atoms with Gasteiger partial charge in [0.15, 0.2) is 11.0 Å². The fourth-order valence-corrected chi connectivity index (χ4v) is 1.35. The number of nitrogens with zero attached hydrogens (tertiary/aromatic N) is 2. The molecule has 0 spiro atoms.